The van der Waals surface area contributed by atoms with Crippen molar-refractivity contribution in [1.29, 1.82) is 0 Å². The molecular formula is C10H16F3N5O. The van der Waals surface area contributed by atoms with E-state index < -0.39 is 18.1 Å². The molecule has 9 heteroatoms. The van der Waals surface area contributed by atoms with Crippen LogP contribution in [0.15, 0.2) is 6.07 Å². The van der Waals surface area contributed by atoms with Gasteiger partial charge in [0.2, 0.25) is 5.82 Å². The summed E-state index contributed by atoms with van der Waals surface area (Å²) in [5.41, 5.74) is 2.04. The highest BCUT2D eigenvalue weighted by molar-refractivity contribution is 5.47. The van der Waals surface area contributed by atoms with E-state index in [1.807, 2.05) is 5.43 Å². The predicted molar refractivity (Wildman–Crippen MR) is 64.2 cm³/mol. The number of aliphatic hydroxyl groups excluding tert-OH is 1. The first-order chi connectivity index (χ1) is 8.74. The Hall–Kier alpha value is -1.61. The standard InChI is InChI=1S/C10H16F3N5O/c1-5(2)6(19)4-15-7-3-8(18-14)17-9(16-7)10(11,12)13/h3,5-6,19H,4,14H2,1-2H3,(H2,15,16,17,18). The minimum absolute atomic E-state index is 0.0245. The number of nitrogen functional groups attached to an aromatic ring is 1. The lowest BCUT2D eigenvalue weighted by Crippen LogP contribution is -2.26. The molecule has 1 atom stereocenters. The molecule has 0 aliphatic rings. The zero-order chi connectivity index (χ0) is 14.6. The number of hydrogen-bond acceptors (Lipinski definition) is 6. The molecule has 0 amide bonds. The first-order valence-electron chi connectivity index (χ1n) is 5.59. The molecule has 0 saturated carbocycles. The molecule has 1 heterocycles. The molecule has 1 rings (SSSR count). The number of nitrogens with one attached hydrogen (secondary N) is 2. The SMILES string of the molecule is CC(C)C(O)CNc1cc(NN)nc(C(F)(F)F)n1. The molecule has 0 aliphatic heterocycles. The van der Waals surface area contributed by atoms with E-state index in [0.717, 1.165) is 0 Å². The maximum atomic E-state index is 12.5. The third-order valence-electron chi connectivity index (χ3n) is 2.39. The smallest absolute Gasteiger partial charge is 0.391 e. The fraction of sp³-hybridized carbons (Fsp3) is 0.600. The fourth-order valence-electron chi connectivity index (χ4n) is 1.18. The predicted octanol–water partition coefficient (Wildman–Crippen LogP) is 1.21. The second kappa shape index (κ2) is 6.02. The van der Waals surface area contributed by atoms with Crippen molar-refractivity contribution in [1.82, 2.24) is 9.97 Å². The van der Waals surface area contributed by atoms with Crippen LogP contribution in [0.3, 0.4) is 0 Å². The lowest BCUT2D eigenvalue weighted by Gasteiger charge is -2.16. The Kier molecular flexibility index (Phi) is 4.90. The Morgan fingerprint density at radius 1 is 1.32 bits per heavy atom. The van der Waals surface area contributed by atoms with Crippen molar-refractivity contribution in [2.45, 2.75) is 26.1 Å². The van der Waals surface area contributed by atoms with Gasteiger partial charge in [-0.1, -0.05) is 13.8 Å². The van der Waals surface area contributed by atoms with Crippen LogP contribution in [0.4, 0.5) is 24.8 Å². The minimum atomic E-state index is -4.67. The second-order valence-corrected chi connectivity index (χ2v) is 4.30. The summed E-state index contributed by atoms with van der Waals surface area (Å²) in [4.78, 5) is 6.54. The lowest BCUT2D eigenvalue weighted by molar-refractivity contribution is -0.144. The molecule has 0 fully saturated rings. The highest BCUT2D eigenvalue weighted by atomic mass is 19.4. The van der Waals surface area contributed by atoms with E-state index in [-0.39, 0.29) is 24.1 Å². The average Bonchev–Trinajstić information content (AvgIpc) is 2.34. The van der Waals surface area contributed by atoms with Gasteiger partial charge in [0, 0.05) is 12.6 Å². The van der Waals surface area contributed by atoms with Crippen LogP contribution in [-0.4, -0.2) is 27.7 Å². The molecule has 0 aliphatic carbocycles. The number of alkyl halides is 3. The van der Waals surface area contributed by atoms with Gasteiger partial charge in [-0.2, -0.15) is 13.2 Å². The first-order valence-corrected chi connectivity index (χ1v) is 5.59. The molecule has 108 valence electrons. The molecule has 5 N–H and O–H groups in total. The minimum Gasteiger partial charge on any atom is -0.391 e. The third-order valence-corrected chi connectivity index (χ3v) is 2.39. The summed E-state index contributed by atoms with van der Waals surface area (Å²) >= 11 is 0. The summed E-state index contributed by atoms with van der Waals surface area (Å²) in [6, 6.07) is 1.22. The zero-order valence-electron chi connectivity index (χ0n) is 10.5. The maximum Gasteiger partial charge on any atom is 0.451 e. The molecule has 1 unspecified atom stereocenters. The van der Waals surface area contributed by atoms with Crippen LogP contribution in [0, 0.1) is 5.92 Å². The van der Waals surface area contributed by atoms with Crippen molar-refractivity contribution in [2.24, 2.45) is 11.8 Å². The molecule has 0 spiro atoms. The largest absolute Gasteiger partial charge is 0.451 e. The van der Waals surface area contributed by atoms with Gasteiger partial charge in [0.1, 0.15) is 11.6 Å². The van der Waals surface area contributed by atoms with E-state index in [0.29, 0.717) is 0 Å². The molecule has 0 saturated heterocycles. The first kappa shape index (κ1) is 15.4. The summed E-state index contributed by atoms with van der Waals surface area (Å²) < 4.78 is 37.6. The van der Waals surface area contributed by atoms with Crippen LogP contribution in [0.5, 0.6) is 0 Å². The number of hydrogen-bond donors (Lipinski definition) is 4. The molecule has 1 aromatic heterocycles. The van der Waals surface area contributed by atoms with Crippen molar-refractivity contribution in [3.63, 3.8) is 0 Å². The van der Waals surface area contributed by atoms with Gasteiger partial charge in [-0.15, -0.1) is 0 Å². The average molecular weight is 279 g/mol. The Labute approximate surface area is 108 Å². The molecule has 19 heavy (non-hydrogen) atoms. The van der Waals surface area contributed by atoms with Crippen LogP contribution in [0.2, 0.25) is 0 Å². The van der Waals surface area contributed by atoms with Crippen LogP contribution >= 0.6 is 0 Å². The van der Waals surface area contributed by atoms with Gasteiger partial charge in [-0.3, -0.25) is 0 Å². The van der Waals surface area contributed by atoms with Crippen molar-refractivity contribution in [2.75, 3.05) is 17.3 Å². The van der Waals surface area contributed by atoms with E-state index in [1.165, 1.54) is 6.07 Å². The highest BCUT2D eigenvalue weighted by Crippen LogP contribution is 2.28. The van der Waals surface area contributed by atoms with Gasteiger partial charge in [0.05, 0.1) is 6.10 Å². The van der Waals surface area contributed by atoms with Gasteiger partial charge in [0.25, 0.3) is 0 Å². The van der Waals surface area contributed by atoms with Crippen LogP contribution in [-0.2, 0) is 6.18 Å². The molecule has 6 nitrogen and oxygen atoms in total. The number of hydrazine groups is 1. The van der Waals surface area contributed by atoms with E-state index >= 15 is 0 Å². The summed E-state index contributed by atoms with van der Waals surface area (Å²) in [6.07, 6.45) is -5.36. The van der Waals surface area contributed by atoms with Crippen molar-refractivity contribution in [3.05, 3.63) is 11.9 Å². The number of aliphatic hydroxyl groups is 1. The number of aromatic nitrogens is 2. The van der Waals surface area contributed by atoms with Crippen molar-refractivity contribution >= 4 is 11.6 Å². The quantitative estimate of drug-likeness (QED) is 0.478. The Morgan fingerprint density at radius 3 is 2.37 bits per heavy atom. The Balaban J connectivity index is 2.89. The summed E-state index contributed by atoms with van der Waals surface area (Å²) in [5.74, 6) is 3.50. The monoisotopic (exact) mass is 279 g/mol. The van der Waals surface area contributed by atoms with E-state index in [9.17, 15) is 18.3 Å². The molecule has 1 aromatic rings. The topological polar surface area (TPSA) is 96.1 Å². The highest BCUT2D eigenvalue weighted by Gasteiger charge is 2.35. The van der Waals surface area contributed by atoms with E-state index in [1.54, 1.807) is 13.8 Å². The third kappa shape index (κ3) is 4.52. The summed E-state index contributed by atoms with van der Waals surface area (Å²) in [6.45, 7) is 3.66. The summed E-state index contributed by atoms with van der Waals surface area (Å²) in [5, 5.41) is 12.2. The molecule has 0 radical (unpaired) electrons. The van der Waals surface area contributed by atoms with Crippen molar-refractivity contribution < 1.29 is 18.3 Å². The number of rotatable bonds is 5. The van der Waals surface area contributed by atoms with E-state index in [2.05, 4.69) is 15.3 Å². The van der Waals surface area contributed by atoms with Crippen LogP contribution in [0.25, 0.3) is 0 Å². The number of halogens is 3. The van der Waals surface area contributed by atoms with Gasteiger partial charge in [-0.05, 0) is 5.92 Å². The van der Waals surface area contributed by atoms with E-state index in [4.69, 9.17) is 5.84 Å². The second-order valence-electron chi connectivity index (χ2n) is 4.30. The molecular weight excluding hydrogens is 263 g/mol. The molecule has 0 aromatic carbocycles. The van der Waals surface area contributed by atoms with Gasteiger partial charge < -0.3 is 15.8 Å². The number of nitrogens with two attached hydrogens (primary N) is 1. The molecule has 0 bridgehead atoms. The number of anilines is 2. The Bertz CT molecular complexity index is 424. The van der Waals surface area contributed by atoms with Gasteiger partial charge in [-0.25, -0.2) is 15.8 Å². The van der Waals surface area contributed by atoms with Crippen LogP contribution in [0.1, 0.15) is 19.7 Å². The van der Waals surface area contributed by atoms with Crippen molar-refractivity contribution in [3.8, 4) is 0 Å². The fourth-order valence-corrected chi connectivity index (χ4v) is 1.18. The van der Waals surface area contributed by atoms with Gasteiger partial charge >= 0.3 is 6.18 Å². The summed E-state index contributed by atoms with van der Waals surface area (Å²) in [7, 11) is 0. The number of nitrogens with zero attached hydrogens (tertiary/aromatic N) is 2. The van der Waals surface area contributed by atoms with Gasteiger partial charge in [0.15, 0.2) is 0 Å². The van der Waals surface area contributed by atoms with Crippen LogP contribution < -0.4 is 16.6 Å². The lowest BCUT2D eigenvalue weighted by atomic mass is 10.1. The zero-order valence-corrected chi connectivity index (χ0v) is 10.5. The Morgan fingerprint density at radius 2 is 1.89 bits per heavy atom. The maximum absolute atomic E-state index is 12.5. The normalized spacial score (nSPS) is 13.5.